The van der Waals surface area contributed by atoms with Crippen molar-refractivity contribution in [3.8, 4) is 0 Å². The van der Waals surface area contributed by atoms with Gasteiger partial charge in [0.05, 0.1) is 33.3 Å². The molecule has 2 nitrogen and oxygen atoms in total. The SMILES string of the molecule is C=CCC(O)(CC[N+](C)(C)C)c1ccc(F)cc1.[I-]. The van der Waals surface area contributed by atoms with E-state index in [1.54, 1.807) is 18.2 Å². The molecule has 0 heterocycles. The van der Waals surface area contributed by atoms with Crippen LogP contribution >= 0.6 is 0 Å². The summed E-state index contributed by atoms with van der Waals surface area (Å²) in [7, 11) is 6.25. The molecule has 0 aromatic heterocycles. The van der Waals surface area contributed by atoms with Crippen LogP contribution in [0.25, 0.3) is 0 Å². The zero-order valence-corrected chi connectivity index (χ0v) is 14.0. The van der Waals surface area contributed by atoms with Crippen molar-refractivity contribution in [2.45, 2.75) is 18.4 Å². The lowest BCUT2D eigenvalue weighted by Crippen LogP contribution is -3.00. The third-order valence-corrected chi connectivity index (χ3v) is 3.06. The van der Waals surface area contributed by atoms with Gasteiger partial charge in [0, 0.05) is 6.42 Å². The Morgan fingerprint density at radius 3 is 2.21 bits per heavy atom. The topological polar surface area (TPSA) is 20.2 Å². The molecule has 1 rings (SSSR count). The van der Waals surface area contributed by atoms with Crippen LogP contribution in [0, 0.1) is 5.82 Å². The number of hydrogen-bond acceptors (Lipinski definition) is 1. The molecule has 1 atom stereocenters. The van der Waals surface area contributed by atoms with Crippen molar-refractivity contribution in [1.82, 2.24) is 0 Å². The largest absolute Gasteiger partial charge is 1.00 e. The molecule has 0 aliphatic heterocycles. The van der Waals surface area contributed by atoms with Crippen molar-refractivity contribution in [3.63, 3.8) is 0 Å². The smallest absolute Gasteiger partial charge is 0.123 e. The molecule has 1 N–H and O–H groups in total. The van der Waals surface area contributed by atoms with Crippen LogP contribution in [-0.4, -0.2) is 37.3 Å². The molecule has 0 aliphatic carbocycles. The lowest BCUT2D eigenvalue weighted by Gasteiger charge is -2.32. The molecule has 19 heavy (non-hydrogen) atoms. The molecule has 0 saturated carbocycles. The monoisotopic (exact) mass is 379 g/mol. The Labute approximate surface area is 132 Å². The van der Waals surface area contributed by atoms with Gasteiger partial charge >= 0.3 is 0 Å². The number of aliphatic hydroxyl groups is 1. The molecule has 1 unspecified atom stereocenters. The second-order valence-electron chi connectivity index (χ2n) is 5.80. The first-order valence-corrected chi connectivity index (χ1v) is 6.17. The second kappa shape index (κ2) is 7.36. The molecule has 108 valence electrons. The van der Waals surface area contributed by atoms with E-state index < -0.39 is 5.60 Å². The first kappa shape index (κ1) is 18.5. The maximum absolute atomic E-state index is 12.9. The lowest BCUT2D eigenvalue weighted by molar-refractivity contribution is -0.871. The quantitative estimate of drug-likeness (QED) is 0.409. The predicted octanol–water partition coefficient (Wildman–Crippen LogP) is -0.310. The van der Waals surface area contributed by atoms with Gasteiger partial charge in [-0.1, -0.05) is 18.2 Å². The third-order valence-electron chi connectivity index (χ3n) is 3.06. The Morgan fingerprint density at radius 2 is 1.79 bits per heavy atom. The van der Waals surface area contributed by atoms with Gasteiger partial charge < -0.3 is 33.6 Å². The number of quaternary nitrogens is 1. The zero-order chi connectivity index (χ0) is 13.8. The summed E-state index contributed by atoms with van der Waals surface area (Å²) in [5, 5.41) is 10.7. The van der Waals surface area contributed by atoms with Gasteiger partial charge in [0.1, 0.15) is 5.82 Å². The Hall–Kier alpha value is -0.460. The van der Waals surface area contributed by atoms with Gasteiger partial charge in [-0.05, 0) is 24.1 Å². The molecule has 0 radical (unpaired) electrons. The van der Waals surface area contributed by atoms with Crippen LogP contribution in [0.4, 0.5) is 4.39 Å². The second-order valence-corrected chi connectivity index (χ2v) is 5.80. The maximum atomic E-state index is 12.9. The highest BCUT2D eigenvalue weighted by molar-refractivity contribution is 5.23. The minimum absolute atomic E-state index is 0. The summed E-state index contributed by atoms with van der Waals surface area (Å²) in [5.41, 5.74) is -0.210. The minimum Gasteiger partial charge on any atom is -1.00 e. The van der Waals surface area contributed by atoms with Crippen LogP contribution in [0.15, 0.2) is 36.9 Å². The highest BCUT2D eigenvalue weighted by atomic mass is 127. The van der Waals surface area contributed by atoms with Crippen molar-refractivity contribution in [3.05, 3.63) is 48.3 Å². The van der Waals surface area contributed by atoms with E-state index in [-0.39, 0.29) is 29.8 Å². The standard InChI is InChI=1S/C15H23FNO.HI/c1-5-10-15(18,11-12-17(2,3)4)13-6-8-14(16)9-7-13;/h5-9,18H,1,10-12H2,2-4H3;1H/q+1;/p-1. The highest BCUT2D eigenvalue weighted by Gasteiger charge is 2.30. The van der Waals surface area contributed by atoms with E-state index in [0.29, 0.717) is 12.8 Å². The first-order chi connectivity index (χ1) is 8.27. The Balaban J connectivity index is 0.00000324. The summed E-state index contributed by atoms with van der Waals surface area (Å²) >= 11 is 0. The van der Waals surface area contributed by atoms with E-state index in [0.717, 1.165) is 16.6 Å². The summed E-state index contributed by atoms with van der Waals surface area (Å²) in [6, 6.07) is 6.06. The summed E-state index contributed by atoms with van der Waals surface area (Å²) < 4.78 is 13.7. The van der Waals surface area contributed by atoms with Crippen LogP contribution < -0.4 is 24.0 Å². The average Bonchev–Trinajstić information content (AvgIpc) is 2.27. The van der Waals surface area contributed by atoms with E-state index in [1.807, 2.05) is 0 Å². The Morgan fingerprint density at radius 1 is 1.26 bits per heavy atom. The van der Waals surface area contributed by atoms with Gasteiger partial charge in [0.15, 0.2) is 0 Å². The van der Waals surface area contributed by atoms with Crippen molar-refractivity contribution in [2.75, 3.05) is 27.7 Å². The molecule has 0 amide bonds. The van der Waals surface area contributed by atoms with Gasteiger partial charge in [-0.25, -0.2) is 4.39 Å². The first-order valence-electron chi connectivity index (χ1n) is 6.17. The maximum Gasteiger partial charge on any atom is 0.123 e. The summed E-state index contributed by atoms with van der Waals surface area (Å²) in [6.45, 7) is 4.53. The van der Waals surface area contributed by atoms with Crippen LogP contribution in [0.2, 0.25) is 0 Å². The van der Waals surface area contributed by atoms with E-state index >= 15 is 0 Å². The Kier molecular flexibility index (Phi) is 7.18. The van der Waals surface area contributed by atoms with Crippen LogP contribution in [0.1, 0.15) is 18.4 Å². The van der Waals surface area contributed by atoms with E-state index in [4.69, 9.17) is 0 Å². The lowest BCUT2D eigenvalue weighted by atomic mass is 9.87. The number of nitrogens with zero attached hydrogens (tertiary/aromatic N) is 1. The van der Waals surface area contributed by atoms with Gasteiger partial charge in [-0.2, -0.15) is 0 Å². The molecular weight excluding hydrogens is 356 g/mol. The van der Waals surface area contributed by atoms with Crippen molar-refractivity contribution >= 4 is 0 Å². The van der Waals surface area contributed by atoms with Gasteiger partial charge in [0.2, 0.25) is 0 Å². The number of benzene rings is 1. The number of hydrogen-bond donors (Lipinski definition) is 1. The molecule has 0 bridgehead atoms. The number of rotatable bonds is 6. The molecule has 1 aromatic rings. The van der Waals surface area contributed by atoms with Gasteiger partial charge in [0.25, 0.3) is 0 Å². The van der Waals surface area contributed by atoms with Crippen LogP contribution in [0.3, 0.4) is 0 Å². The van der Waals surface area contributed by atoms with Crippen LogP contribution in [0.5, 0.6) is 0 Å². The molecule has 0 spiro atoms. The molecule has 1 aromatic carbocycles. The summed E-state index contributed by atoms with van der Waals surface area (Å²) in [6.07, 6.45) is 2.80. The molecule has 0 aliphatic rings. The van der Waals surface area contributed by atoms with Crippen LogP contribution in [-0.2, 0) is 5.60 Å². The number of halogens is 2. The van der Waals surface area contributed by atoms with Crippen molar-refractivity contribution in [1.29, 1.82) is 0 Å². The van der Waals surface area contributed by atoms with Gasteiger partial charge in [-0.3, -0.25) is 0 Å². The van der Waals surface area contributed by atoms with E-state index in [1.165, 1.54) is 12.1 Å². The minimum atomic E-state index is -0.957. The van der Waals surface area contributed by atoms with E-state index in [2.05, 4.69) is 27.7 Å². The highest BCUT2D eigenvalue weighted by Crippen LogP contribution is 2.30. The molecule has 0 fully saturated rings. The fourth-order valence-electron chi connectivity index (χ4n) is 1.88. The normalized spacial score (nSPS) is 14.4. The van der Waals surface area contributed by atoms with Crippen molar-refractivity contribution in [2.24, 2.45) is 0 Å². The zero-order valence-electron chi connectivity index (χ0n) is 11.9. The third kappa shape index (κ3) is 6.01. The predicted molar refractivity (Wildman–Crippen MR) is 72.6 cm³/mol. The molecular formula is C15H23FINO. The summed E-state index contributed by atoms with van der Waals surface area (Å²) in [4.78, 5) is 0. The van der Waals surface area contributed by atoms with Gasteiger partial charge in [-0.15, -0.1) is 6.58 Å². The molecule has 0 saturated heterocycles. The molecule has 4 heteroatoms. The van der Waals surface area contributed by atoms with Crippen molar-refractivity contribution < 1.29 is 38.0 Å². The fourth-order valence-corrected chi connectivity index (χ4v) is 1.88. The van der Waals surface area contributed by atoms with E-state index in [9.17, 15) is 9.50 Å². The Bertz CT molecular complexity index is 400. The summed E-state index contributed by atoms with van der Waals surface area (Å²) in [5.74, 6) is -0.286. The fraction of sp³-hybridized carbons (Fsp3) is 0.467. The average molecular weight is 379 g/mol.